The van der Waals surface area contributed by atoms with Crippen LogP contribution in [0.15, 0.2) is 16.6 Å². The van der Waals surface area contributed by atoms with Crippen LogP contribution in [0.5, 0.6) is 0 Å². The lowest BCUT2D eigenvalue weighted by molar-refractivity contribution is -0.119. The highest BCUT2D eigenvalue weighted by Crippen LogP contribution is 2.27. The Labute approximate surface area is 145 Å². The molecular formula is C15H23BrClN3O2. The molecule has 0 heterocycles. The number of carbonyl (C=O) groups is 2. The van der Waals surface area contributed by atoms with Gasteiger partial charge in [0.05, 0.1) is 11.4 Å². The number of rotatable bonds is 7. The topological polar surface area (TPSA) is 84.2 Å². The predicted octanol–water partition coefficient (Wildman–Crippen LogP) is 3.40. The van der Waals surface area contributed by atoms with Gasteiger partial charge in [-0.1, -0.05) is 22.4 Å². The normalized spacial score (nSPS) is 9.77. The van der Waals surface area contributed by atoms with Gasteiger partial charge in [-0.3, -0.25) is 9.59 Å². The van der Waals surface area contributed by atoms with Crippen molar-refractivity contribution < 1.29 is 9.59 Å². The van der Waals surface area contributed by atoms with Crippen molar-refractivity contribution in [1.82, 2.24) is 5.32 Å². The van der Waals surface area contributed by atoms with Gasteiger partial charge in [-0.25, -0.2) is 0 Å². The number of carbonyl (C=O) groups excluding carboxylic acids is 2. The number of hydrogen-bond donors (Lipinski definition) is 3. The highest BCUT2D eigenvalue weighted by molar-refractivity contribution is 9.10. The number of benzene rings is 1. The molecule has 0 unspecified atom stereocenters. The van der Waals surface area contributed by atoms with Crippen molar-refractivity contribution in [3.05, 3.63) is 22.2 Å². The summed E-state index contributed by atoms with van der Waals surface area (Å²) >= 11 is 3.39. The fourth-order valence-corrected chi connectivity index (χ4v) is 2.49. The second kappa shape index (κ2) is 10.5. The number of halogens is 2. The van der Waals surface area contributed by atoms with E-state index >= 15 is 0 Å². The molecule has 4 N–H and O–H groups in total. The number of nitrogens with two attached hydrogens (primary N) is 1. The minimum Gasteiger partial charge on any atom is -0.397 e. The van der Waals surface area contributed by atoms with Gasteiger partial charge in [0.25, 0.3) is 0 Å². The number of aryl methyl sites for hydroxylation is 1. The summed E-state index contributed by atoms with van der Waals surface area (Å²) < 4.78 is 0.889. The summed E-state index contributed by atoms with van der Waals surface area (Å²) in [6, 6.07) is 3.71. The van der Waals surface area contributed by atoms with E-state index in [4.69, 9.17) is 5.73 Å². The summed E-state index contributed by atoms with van der Waals surface area (Å²) in [5.41, 5.74) is 8.11. The van der Waals surface area contributed by atoms with E-state index in [0.29, 0.717) is 24.3 Å². The van der Waals surface area contributed by atoms with Gasteiger partial charge in [0, 0.05) is 24.4 Å². The Morgan fingerprint density at radius 2 is 1.91 bits per heavy atom. The zero-order chi connectivity index (χ0) is 15.8. The van der Waals surface area contributed by atoms with Crippen molar-refractivity contribution in [2.75, 3.05) is 17.6 Å². The highest BCUT2D eigenvalue weighted by Gasteiger charge is 2.08. The Hall–Kier alpha value is -1.27. The Kier molecular flexibility index (Phi) is 9.85. The summed E-state index contributed by atoms with van der Waals surface area (Å²) in [6.07, 6.45) is 3.02. The SMILES string of the molecule is CC(=O)NCCCCCC(=O)Nc1cc(Br)cc(C)c1N.Cl. The molecule has 22 heavy (non-hydrogen) atoms. The van der Waals surface area contributed by atoms with Crippen LogP contribution < -0.4 is 16.4 Å². The Balaban J connectivity index is 0.00000441. The molecule has 124 valence electrons. The average Bonchev–Trinajstić information content (AvgIpc) is 2.39. The van der Waals surface area contributed by atoms with Crippen LogP contribution >= 0.6 is 28.3 Å². The molecule has 0 aliphatic heterocycles. The van der Waals surface area contributed by atoms with Crippen LogP contribution in [0.2, 0.25) is 0 Å². The van der Waals surface area contributed by atoms with Crippen LogP contribution in [0.1, 0.15) is 38.2 Å². The van der Waals surface area contributed by atoms with Gasteiger partial charge < -0.3 is 16.4 Å². The second-order valence-corrected chi connectivity index (χ2v) is 5.94. The minimum absolute atomic E-state index is 0. The molecule has 0 radical (unpaired) electrons. The molecule has 0 saturated heterocycles. The number of nitrogen functional groups attached to an aromatic ring is 1. The second-order valence-electron chi connectivity index (χ2n) is 5.03. The van der Waals surface area contributed by atoms with Gasteiger partial charge >= 0.3 is 0 Å². The van der Waals surface area contributed by atoms with Gasteiger partial charge in [-0.2, -0.15) is 0 Å². The van der Waals surface area contributed by atoms with Gasteiger partial charge in [0.2, 0.25) is 11.8 Å². The number of nitrogens with one attached hydrogen (secondary N) is 2. The zero-order valence-corrected chi connectivity index (χ0v) is 15.3. The quantitative estimate of drug-likeness (QED) is 0.491. The van der Waals surface area contributed by atoms with Crippen LogP contribution in [0.25, 0.3) is 0 Å². The standard InChI is InChI=1S/C15H22BrN3O2.ClH/c1-10-8-12(16)9-13(15(10)17)19-14(21)6-4-3-5-7-18-11(2)20;/h8-9H,3-7,17H2,1-2H3,(H,18,20)(H,19,21);1H. The smallest absolute Gasteiger partial charge is 0.224 e. The molecule has 2 amide bonds. The molecule has 1 aromatic rings. The summed E-state index contributed by atoms with van der Waals surface area (Å²) in [4.78, 5) is 22.6. The van der Waals surface area contributed by atoms with Gasteiger partial charge in [0.1, 0.15) is 0 Å². The van der Waals surface area contributed by atoms with Crippen molar-refractivity contribution >= 4 is 51.5 Å². The molecule has 0 aromatic heterocycles. The Morgan fingerprint density at radius 1 is 1.23 bits per heavy atom. The molecule has 0 aliphatic carbocycles. The monoisotopic (exact) mass is 391 g/mol. The molecule has 1 aromatic carbocycles. The Morgan fingerprint density at radius 3 is 2.55 bits per heavy atom. The van der Waals surface area contributed by atoms with Crippen LogP contribution in [0, 0.1) is 6.92 Å². The first-order valence-corrected chi connectivity index (χ1v) is 7.79. The van der Waals surface area contributed by atoms with Gasteiger partial charge in [-0.15, -0.1) is 12.4 Å². The third-order valence-electron chi connectivity index (χ3n) is 3.08. The first-order valence-electron chi connectivity index (χ1n) is 7.00. The molecule has 0 spiro atoms. The maximum atomic E-state index is 11.9. The summed E-state index contributed by atoms with van der Waals surface area (Å²) in [5, 5.41) is 5.57. The maximum Gasteiger partial charge on any atom is 0.224 e. The Bertz CT molecular complexity index is 524. The van der Waals surface area contributed by atoms with Crippen LogP contribution in [-0.2, 0) is 9.59 Å². The first kappa shape index (κ1) is 20.7. The van der Waals surface area contributed by atoms with Crippen LogP contribution in [0.3, 0.4) is 0 Å². The summed E-state index contributed by atoms with van der Waals surface area (Å²) in [5.74, 6) is -0.0630. The van der Waals surface area contributed by atoms with E-state index in [2.05, 4.69) is 26.6 Å². The molecule has 0 bridgehead atoms. The summed E-state index contributed by atoms with van der Waals surface area (Å²) in [7, 11) is 0. The first-order chi connectivity index (χ1) is 9.90. The van der Waals surface area contributed by atoms with E-state index in [1.807, 2.05) is 13.0 Å². The van der Waals surface area contributed by atoms with Gasteiger partial charge in [0.15, 0.2) is 0 Å². The molecule has 0 aliphatic rings. The third-order valence-corrected chi connectivity index (χ3v) is 3.54. The van der Waals surface area contributed by atoms with E-state index in [9.17, 15) is 9.59 Å². The molecule has 0 fully saturated rings. The fraction of sp³-hybridized carbons (Fsp3) is 0.467. The summed E-state index contributed by atoms with van der Waals surface area (Å²) in [6.45, 7) is 4.06. The molecule has 5 nitrogen and oxygen atoms in total. The van der Waals surface area contributed by atoms with E-state index in [1.54, 1.807) is 6.07 Å². The van der Waals surface area contributed by atoms with Crippen molar-refractivity contribution in [2.45, 2.75) is 39.5 Å². The number of anilines is 2. The zero-order valence-electron chi connectivity index (χ0n) is 12.9. The van der Waals surface area contributed by atoms with E-state index in [1.165, 1.54) is 6.92 Å². The van der Waals surface area contributed by atoms with Crippen LogP contribution in [-0.4, -0.2) is 18.4 Å². The van der Waals surface area contributed by atoms with Crippen molar-refractivity contribution in [1.29, 1.82) is 0 Å². The van der Waals surface area contributed by atoms with Crippen molar-refractivity contribution in [2.24, 2.45) is 0 Å². The maximum absolute atomic E-state index is 11.9. The lowest BCUT2D eigenvalue weighted by Crippen LogP contribution is -2.20. The number of hydrogen-bond acceptors (Lipinski definition) is 3. The fourth-order valence-electron chi connectivity index (χ4n) is 1.92. The van der Waals surface area contributed by atoms with Crippen LogP contribution in [0.4, 0.5) is 11.4 Å². The minimum atomic E-state index is -0.0428. The molecular weight excluding hydrogens is 370 g/mol. The predicted molar refractivity (Wildman–Crippen MR) is 96.3 cm³/mol. The van der Waals surface area contributed by atoms with Gasteiger partial charge in [-0.05, 0) is 37.5 Å². The lowest BCUT2D eigenvalue weighted by atomic mass is 10.1. The lowest BCUT2D eigenvalue weighted by Gasteiger charge is -2.11. The number of amides is 2. The molecule has 0 atom stereocenters. The molecule has 0 saturated carbocycles. The average molecular weight is 393 g/mol. The highest BCUT2D eigenvalue weighted by atomic mass is 79.9. The largest absolute Gasteiger partial charge is 0.397 e. The number of unbranched alkanes of at least 4 members (excludes halogenated alkanes) is 2. The molecule has 7 heteroatoms. The third kappa shape index (κ3) is 7.66. The van der Waals surface area contributed by atoms with Crippen molar-refractivity contribution in [3.8, 4) is 0 Å². The van der Waals surface area contributed by atoms with E-state index < -0.39 is 0 Å². The van der Waals surface area contributed by atoms with E-state index in [-0.39, 0.29) is 24.2 Å². The van der Waals surface area contributed by atoms with Crippen molar-refractivity contribution in [3.63, 3.8) is 0 Å². The molecule has 1 rings (SSSR count). The van der Waals surface area contributed by atoms with E-state index in [0.717, 1.165) is 29.3 Å².